The number of aromatic nitrogens is 1. The fraction of sp³-hybridized carbons (Fsp3) is 0.400. The first-order valence-corrected chi connectivity index (χ1v) is 9.14. The van der Waals surface area contributed by atoms with Gasteiger partial charge in [0.25, 0.3) is 0 Å². The number of nitrogens with zero attached hydrogens (tertiary/aromatic N) is 1. The van der Waals surface area contributed by atoms with E-state index >= 15 is 0 Å². The van der Waals surface area contributed by atoms with Gasteiger partial charge in [-0.05, 0) is 68.6 Å². The molecular formula is C20H24Cl2N2O3. The number of rotatable bonds is 5. The Kier molecular flexibility index (Phi) is 7.09. The molecule has 1 aromatic heterocycles. The third kappa shape index (κ3) is 4.54. The van der Waals surface area contributed by atoms with Crippen LogP contribution in [-0.2, 0) is 23.0 Å². The van der Waals surface area contributed by atoms with Gasteiger partial charge in [-0.15, -0.1) is 12.4 Å². The van der Waals surface area contributed by atoms with Crippen molar-refractivity contribution in [1.82, 2.24) is 9.88 Å². The van der Waals surface area contributed by atoms with Gasteiger partial charge < -0.3 is 9.30 Å². The van der Waals surface area contributed by atoms with Crippen LogP contribution in [0.3, 0.4) is 0 Å². The maximum atomic E-state index is 12.9. The molecule has 0 bridgehead atoms. The summed E-state index contributed by atoms with van der Waals surface area (Å²) in [5, 5.41) is 3.74. The van der Waals surface area contributed by atoms with Crippen molar-refractivity contribution < 1.29 is 14.3 Å². The fourth-order valence-corrected chi connectivity index (χ4v) is 3.56. The van der Waals surface area contributed by atoms with E-state index < -0.39 is 0 Å². The number of ketones is 1. The summed E-state index contributed by atoms with van der Waals surface area (Å²) in [5.74, 6) is -0.361. The third-order valence-electron chi connectivity index (χ3n) is 5.01. The van der Waals surface area contributed by atoms with E-state index in [0.717, 1.165) is 36.2 Å². The van der Waals surface area contributed by atoms with Crippen molar-refractivity contribution in [3.63, 3.8) is 0 Å². The summed E-state index contributed by atoms with van der Waals surface area (Å²) >= 11 is 5.91. The number of esters is 1. The van der Waals surface area contributed by atoms with Gasteiger partial charge in [0.05, 0.1) is 12.1 Å². The van der Waals surface area contributed by atoms with Crippen LogP contribution in [0.25, 0.3) is 0 Å². The van der Waals surface area contributed by atoms with E-state index in [-0.39, 0.29) is 36.8 Å². The minimum atomic E-state index is -0.279. The molecule has 1 aromatic carbocycles. The molecule has 1 N–H and O–H groups in total. The zero-order chi connectivity index (χ0) is 18.8. The van der Waals surface area contributed by atoms with E-state index in [1.54, 1.807) is 24.3 Å². The molecule has 0 saturated carbocycles. The Bertz CT molecular complexity index is 838. The van der Waals surface area contributed by atoms with Crippen LogP contribution in [0.5, 0.6) is 0 Å². The van der Waals surface area contributed by atoms with Crippen LogP contribution in [0.15, 0.2) is 24.3 Å². The molecule has 2 heterocycles. The summed E-state index contributed by atoms with van der Waals surface area (Å²) in [5.41, 5.74) is 3.80. The van der Waals surface area contributed by atoms with Crippen molar-refractivity contribution >= 4 is 35.8 Å². The van der Waals surface area contributed by atoms with E-state index in [9.17, 15) is 9.59 Å². The Morgan fingerprint density at radius 1 is 1.22 bits per heavy atom. The largest absolute Gasteiger partial charge is 0.446 e. The highest BCUT2D eigenvalue weighted by molar-refractivity contribution is 6.30. The molecule has 7 heteroatoms. The Labute approximate surface area is 170 Å². The minimum absolute atomic E-state index is 0. The van der Waals surface area contributed by atoms with Crippen LogP contribution in [0.4, 0.5) is 0 Å². The monoisotopic (exact) mass is 410 g/mol. The highest BCUT2D eigenvalue weighted by atomic mass is 35.5. The van der Waals surface area contributed by atoms with Gasteiger partial charge in [0.2, 0.25) is 5.78 Å². The lowest BCUT2D eigenvalue weighted by Gasteiger charge is -2.13. The van der Waals surface area contributed by atoms with E-state index in [4.69, 9.17) is 16.3 Å². The second-order valence-corrected chi connectivity index (χ2v) is 7.13. The number of nitrogens with one attached hydrogen (secondary N) is 1. The topological polar surface area (TPSA) is 60.3 Å². The number of hydrogen-bond donors (Lipinski definition) is 1. The van der Waals surface area contributed by atoms with Gasteiger partial charge in [-0.2, -0.15) is 0 Å². The van der Waals surface area contributed by atoms with E-state index in [1.807, 2.05) is 25.5 Å². The van der Waals surface area contributed by atoms with Crippen molar-refractivity contribution in [2.45, 2.75) is 39.3 Å². The molecule has 1 saturated heterocycles. The molecular weight excluding hydrogens is 387 g/mol. The lowest BCUT2D eigenvalue weighted by Crippen LogP contribution is -2.28. The molecule has 0 radical (unpaired) electrons. The fourth-order valence-electron chi connectivity index (χ4n) is 3.43. The quantitative estimate of drug-likeness (QED) is 0.602. The van der Waals surface area contributed by atoms with Crippen molar-refractivity contribution in [1.29, 1.82) is 0 Å². The summed E-state index contributed by atoms with van der Waals surface area (Å²) in [4.78, 5) is 25.2. The van der Waals surface area contributed by atoms with Crippen LogP contribution in [-0.4, -0.2) is 29.1 Å². The molecule has 1 atom stereocenters. The maximum absolute atomic E-state index is 12.9. The maximum Gasteiger partial charge on any atom is 0.313 e. The van der Waals surface area contributed by atoms with Crippen LogP contribution in [0.2, 0.25) is 5.02 Å². The van der Waals surface area contributed by atoms with Gasteiger partial charge in [0, 0.05) is 23.3 Å². The molecule has 0 amide bonds. The average Bonchev–Trinajstić information content (AvgIpc) is 3.18. The molecule has 1 unspecified atom stereocenters. The van der Waals surface area contributed by atoms with Crippen LogP contribution in [0.1, 0.15) is 45.7 Å². The van der Waals surface area contributed by atoms with Crippen molar-refractivity contribution in [3.05, 3.63) is 57.4 Å². The highest BCUT2D eigenvalue weighted by Gasteiger charge is 2.25. The summed E-state index contributed by atoms with van der Waals surface area (Å²) in [6.45, 7) is 4.72. The van der Waals surface area contributed by atoms with Gasteiger partial charge in [-0.1, -0.05) is 11.6 Å². The zero-order valence-electron chi connectivity index (χ0n) is 15.7. The molecule has 1 aliphatic heterocycles. The molecule has 1 aliphatic rings. The SMILES string of the molecule is Cc1c(C)c(C(=O)c2ccc(Cl)cc2)n(C)c1CC(=O)OC1CCCN1.Cl. The lowest BCUT2D eigenvalue weighted by atomic mass is 10.0. The third-order valence-corrected chi connectivity index (χ3v) is 5.26. The second-order valence-electron chi connectivity index (χ2n) is 6.69. The first-order valence-electron chi connectivity index (χ1n) is 8.76. The standard InChI is InChI=1S/C20H23ClN2O3.ClH/c1-12-13(2)19(20(25)14-6-8-15(21)9-7-14)23(3)16(12)11-18(24)26-17-5-4-10-22-17;/h6-9,17,22H,4-5,10-11H2,1-3H3;1H. The number of hydrogen-bond acceptors (Lipinski definition) is 4. The minimum Gasteiger partial charge on any atom is -0.446 e. The zero-order valence-corrected chi connectivity index (χ0v) is 17.2. The average molecular weight is 411 g/mol. The molecule has 0 aliphatic carbocycles. The predicted octanol–water partition coefficient (Wildman–Crippen LogP) is 3.74. The summed E-state index contributed by atoms with van der Waals surface area (Å²) in [7, 11) is 1.82. The van der Waals surface area contributed by atoms with Gasteiger partial charge >= 0.3 is 5.97 Å². The number of carbonyl (C=O) groups is 2. The number of ether oxygens (including phenoxy) is 1. The van der Waals surface area contributed by atoms with Crippen LogP contribution >= 0.6 is 24.0 Å². The van der Waals surface area contributed by atoms with E-state index in [1.165, 1.54) is 0 Å². The normalized spacial score (nSPS) is 16.1. The summed E-state index contributed by atoms with van der Waals surface area (Å²) in [6.07, 6.45) is 1.81. The Morgan fingerprint density at radius 2 is 1.89 bits per heavy atom. The number of halogens is 2. The van der Waals surface area contributed by atoms with Crippen LogP contribution < -0.4 is 5.32 Å². The lowest BCUT2D eigenvalue weighted by molar-refractivity contribution is -0.149. The van der Waals surface area contributed by atoms with Gasteiger partial charge in [-0.3, -0.25) is 14.9 Å². The smallest absolute Gasteiger partial charge is 0.313 e. The molecule has 0 spiro atoms. The van der Waals surface area contributed by atoms with Gasteiger partial charge in [-0.25, -0.2) is 0 Å². The number of benzene rings is 1. The molecule has 3 rings (SSSR count). The van der Waals surface area contributed by atoms with E-state index in [2.05, 4.69) is 5.32 Å². The second kappa shape index (κ2) is 8.91. The van der Waals surface area contributed by atoms with Crippen LogP contribution in [0, 0.1) is 13.8 Å². The Balaban J connectivity index is 0.00000261. The first-order chi connectivity index (χ1) is 12.4. The molecule has 146 valence electrons. The molecule has 27 heavy (non-hydrogen) atoms. The van der Waals surface area contributed by atoms with Gasteiger partial charge in [0.15, 0.2) is 6.23 Å². The first kappa shape index (κ1) is 21.5. The van der Waals surface area contributed by atoms with Crippen molar-refractivity contribution in [3.8, 4) is 0 Å². The molecule has 1 fully saturated rings. The molecule has 2 aromatic rings. The summed E-state index contributed by atoms with van der Waals surface area (Å²) < 4.78 is 7.28. The van der Waals surface area contributed by atoms with E-state index in [0.29, 0.717) is 16.3 Å². The highest BCUT2D eigenvalue weighted by Crippen LogP contribution is 2.25. The molecule has 5 nitrogen and oxygen atoms in total. The Hall–Kier alpha value is -1.82. The number of carbonyl (C=O) groups excluding carboxylic acids is 2. The summed E-state index contributed by atoms with van der Waals surface area (Å²) in [6, 6.07) is 6.83. The van der Waals surface area contributed by atoms with Gasteiger partial charge in [0.1, 0.15) is 0 Å². The van der Waals surface area contributed by atoms with Crippen molar-refractivity contribution in [2.75, 3.05) is 6.54 Å². The Morgan fingerprint density at radius 3 is 2.48 bits per heavy atom. The van der Waals surface area contributed by atoms with Crippen molar-refractivity contribution in [2.24, 2.45) is 7.05 Å². The predicted molar refractivity (Wildman–Crippen MR) is 108 cm³/mol.